The minimum atomic E-state index is -0.0576. The largest absolute Gasteiger partial charge is 0.454 e. The van der Waals surface area contributed by atoms with Crippen LogP contribution in [-0.4, -0.2) is 4.57 Å². The van der Waals surface area contributed by atoms with Crippen LogP contribution in [0, 0.1) is 0 Å². The molecule has 12 aromatic rings. The molecule has 0 amide bonds. The molecule has 2 heterocycles. The van der Waals surface area contributed by atoms with Crippen LogP contribution >= 0.6 is 0 Å². The Hall–Kier alpha value is -8.40. The van der Waals surface area contributed by atoms with E-state index in [4.69, 9.17) is 4.42 Å². The summed E-state index contributed by atoms with van der Waals surface area (Å²) in [6, 6.07) is 83.7. The summed E-state index contributed by atoms with van der Waals surface area (Å²) in [6.07, 6.45) is 0. The van der Waals surface area contributed by atoms with E-state index in [-0.39, 0.29) is 5.41 Å². The summed E-state index contributed by atoms with van der Waals surface area (Å²) in [7, 11) is 0. The van der Waals surface area contributed by atoms with Crippen molar-refractivity contribution in [3.63, 3.8) is 0 Å². The van der Waals surface area contributed by atoms with E-state index in [0.29, 0.717) is 0 Å². The van der Waals surface area contributed by atoms with Crippen LogP contribution in [0.4, 0.5) is 17.1 Å². The summed E-state index contributed by atoms with van der Waals surface area (Å²) in [6.45, 7) is 4.69. The second kappa shape index (κ2) is 14.8. The topological polar surface area (TPSA) is 21.3 Å². The molecule has 1 aliphatic rings. The quantitative estimate of drug-likeness (QED) is 0.159. The normalized spacial score (nSPS) is 12.8. The highest BCUT2D eigenvalue weighted by molar-refractivity contribution is 6.11. The summed E-state index contributed by atoms with van der Waals surface area (Å²) in [5.41, 5.74) is 20.9. The van der Waals surface area contributed by atoms with Gasteiger partial charge in [0, 0.05) is 43.9 Å². The second-order valence-corrected chi connectivity index (χ2v) is 18.1. The van der Waals surface area contributed by atoms with E-state index in [0.717, 1.165) is 50.1 Å². The van der Waals surface area contributed by atoms with E-state index in [1.165, 1.54) is 72.0 Å². The maximum atomic E-state index is 6.66. The molecule has 0 saturated carbocycles. The first-order valence-electron chi connectivity index (χ1n) is 22.8. The molecule has 0 aliphatic heterocycles. The molecular formula is C63H44N2O. The van der Waals surface area contributed by atoms with Gasteiger partial charge in [-0.05, 0) is 111 Å². The molecule has 0 spiro atoms. The summed E-state index contributed by atoms with van der Waals surface area (Å²) < 4.78 is 9.07. The molecule has 0 saturated heterocycles. The molecule has 1 aliphatic carbocycles. The average molecular weight is 845 g/mol. The maximum absolute atomic E-state index is 6.66. The fraction of sp³-hybridized carbons (Fsp3) is 0.0476. The number of nitrogens with zero attached hydrogens (tertiary/aromatic N) is 2. The van der Waals surface area contributed by atoms with Gasteiger partial charge in [-0.3, -0.25) is 0 Å². The fourth-order valence-corrected chi connectivity index (χ4v) is 10.8. The van der Waals surface area contributed by atoms with Crippen molar-refractivity contribution in [2.24, 2.45) is 0 Å². The molecule has 0 fully saturated rings. The Morgan fingerprint density at radius 3 is 1.58 bits per heavy atom. The van der Waals surface area contributed by atoms with Crippen LogP contribution in [0.3, 0.4) is 0 Å². The molecular weight excluding hydrogens is 801 g/mol. The number of hydrogen-bond acceptors (Lipinski definition) is 2. The number of anilines is 3. The Kier molecular flexibility index (Phi) is 8.56. The van der Waals surface area contributed by atoms with Crippen molar-refractivity contribution in [1.29, 1.82) is 0 Å². The Bertz CT molecular complexity index is 3780. The number of benzene rings is 10. The summed E-state index contributed by atoms with van der Waals surface area (Å²) in [5, 5.41) is 4.74. The number of para-hydroxylation sites is 5. The second-order valence-electron chi connectivity index (χ2n) is 18.1. The molecule has 2 aromatic heterocycles. The van der Waals surface area contributed by atoms with Crippen molar-refractivity contribution in [2.75, 3.05) is 4.90 Å². The highest BCUT2D eigenvalue weighted by atomic mass is 16.3. The molecule has 0 atom stereocenters. The number of hydrogen-bond donors (Lipinski definition) is 0. The predicted molar refractivity (Wildman–Crippen MR) is 277 cm³/mol. The van der Waals surface area contributed by atoms with Crippen molar-refractivity contribution in [3.8, 4) is 50.2 Å². The van der Waals surface area contributed by atoms with Crippen molar-refractivity contribution in [2.45, 2.75) is 19.3 Å². The molecule has 10 aromatic carbocycles. The van der Waals surface area contributed by atoms with Gasteiger partial charge in [0.05, 0.1) is 22.4 Å². The zero-order chi connectivity index (χ0) is 43.9. The summed E-state index contributed by atoms with van der Waals surface area (Å²) in [4.78, 5) is 2.33. The molecule has 66 heavy (non-hydrogen) atoms. The van der Waals surface area contributed by atoms with Gasteiger partial charge in [-0.2, -0.15) is 0 Å². The third kappa shape index (κ3) is 5.90. The van der Waals surface area contributed by atoms with Gasteiger partial charge < -0.3 is 13.9 Å². The van der Waals surface area contributed by atoms with Crippen LogP contribution in [-0.2, 0) is 5.41 Å². The van der Waals surface area contributed by atoms with Gasteiger partial charge in [-0.15, -0.1) is 0 Å². The first kappa shape index (κ1) is 38.1. The highest BCUT2D eigenvalue weighted by Gasteiger charge is 2.35. The zero-order valence-corrected chi connectivity index (χ0v) is 36.7. The minimum absolute atomic E-state index is 0.0576. The highest BCUT2D eigenvalue weighted by Crippen LogP contribution is 2.50. The molecule has 13 rings (SSSR count). The first-order chi connectivity index (χ1) is 32.5. The third-order valence-electron chi connectivity index (χ3n) is 14.0. The van der Waals surface area contributed by atoms with Crippen molar-refractivity contribution < 1.29 is 4.42 Å². The first-order valence-corrected chi connectivity index (χ1v) is 22.8. The van der Waals surface area contributed by atoms with E-state index in [2.05, 4.69) is 248 Å². The molecule has 3 heteroatoms. The van der Waals surface area contributed by atoms with E-state index in [9.17, 15) is 0 Å². The SMILES string of the molecule is CC1(C)c2ccccc2-c2ccc(-c3ccc(N(c4ccc(-c5ccc(-c6ccccc6-n6c7ccccc7c7ccccc76)cc5)cc4)c4cccc5c4oc4ccccc45)cc3)cc21. The average Bonchev–Trinajstić information content (AvgIpc) is 4.00. The predicted octanol–water partition coefficient (Wildman–Crippen LogP) is 17.5. The van der Waals surface area contributed by atoms with E-state index in [1.807, 2.05) is 6.07 Å². The minimum Gasteiger partial charge on any atom is -0.454 e. The van der Waals surface area contributed by atoms with Crippen LogP contribution in [0.1, 0.15) is 25.0 Å². The van der Waals surface area contributed by atoms with Crippen molar-refractivity contribution in [1.82, 2.24) is 4.57 Å². The Labute approximate surface area is 384 Å². The Morgan fingerprint density at radius 1 is 0.379 bits per heavy atom. The molecule has 0 unspecified atom stereocenters. The number of rotatable bonds is 7. The van der Waals surface area contributed by atoms with Gasteiger partial charge in [-0.1, -0.05) is 184 Å². The van der Waals surface area contributed by atoms with Crippen molar-refractivity contribution in [3.05, 3.63) is 242 Å². The smallest absolute Gasteiger partial charge is 0.159 e. The van der Waals surface area contributed by atoms with Crippen LogP contribution in [0.25, 0.3) is 93.9 Å². The van der Waals surface area contributed by atoms with Gasteiger partial charge in [0.25, 0.3) is 0 Å². The van der Waals surface area contributed by atoms with Gasteiger partial charge in [-0.25, -0.2) is 0 Å². The Balaban J connectivity index is 0.861. The lowest BCUT2D eigenvalue weighted by Gasteiger charge is -2.26. The Morgan fingerprint density at radius 2 is 0.879 bits per heavy atom. The lowest BCUT2D eigenvalue weighted by atomic mass is 9.81. The molecule has 0 radical (unpaired) electrons. The van der Waals surface area contributed by atoms with E-state index in [1.54, 1.807) is 0 Å². The van der Waals surface area contributed by atoms with Gasteiger partial charge in [0.15, 0.2) is 5.58 Å². The van der Waals surface area contributed by atoms with E-state index >= 15 is 0 Å². The lowest BCUT2D eigenvalue weighted by Crippen LogP contribution is -2.14. The number of furan rings is 1. The van der Waals surface area contributed by atoms with E-state index < -0.39 is 0 Å². The number of aromatic nitrogens is 1. The van der Waals surface area contributed by atoms with Crippen LogP contribution in [0.15, 0.2) is 235 Å². The molecule has 312 valence electrons. The molecule has 0 N–H and O–H groups in total. The van der Waals surface area contributed by atoms with Crippen LogP contribution < -0.4 is 4.90 Å². The van der Waals surface area contributed by atoms with Crippen LogP contribution in [0.2, 0.25) is 0 Å². The fourth-order valence-electron chi connectivity index (χ4n) is 10.8. The standard InChI is InChI=1S/C63H44N2O/c1-63(2)55-20-8-3-15-49(55)50-39-34-45(40-56(50)63)43-32-37-47(38-33-43)64(60-24-13-19-54-53-18-7-12-25-61(53)66-62(54)60)46-35-30-42(31-36-46)41-26-28-44(29-27-41)48-14-4-9-21-57(48)65-58-22-10-5-16-51(58)52-17-6-11-23-59(52)65/h3-40H,1-2H3. The molecule has 0 bridgehead atoms. The monoisotopic (exact) mass is 844 g/mol. The summed E-state index contributed by atoms with van der Waals surface area (Å²) >= 11 is 0. The molecule has 3 nitrogen and oxygen atoms in total. The zero-order valence-electron chi connectivity index (χ0n) is 36.7. The maximum Gasteiger partial charge on any atom is 0.159 e. The third-order valence-corrected chi connectivity index (χ3v) is 14.0. The van der Waals surface area contributed by atoms with Crippen LogP contribution in [0.5, 0.6) is 0 Å². The van der Waals surface area contributed by atoms with Gasteiger partial charge in [0.2, 0.25) is 0 Å². The number of fused-ring (bicyclic) bond motifs is 9. The lowest BCUT2D eigenvalue weighted by molar-refractivity contribution is 0.660. The van der Waals surface area contributed by atoms with Gasteiger partial charge >= 0.3 is 0 Å². The summed E-state index contributed by atoms with van der Waals surface area (Å²) in [5.74, 6) is 0. The van der Waals surface area contributed by atoms with Crippen molar-refractivity contribution >= 4 is 60.8 Å². The van der Waals surface area contributed by atoms with Gasteiger partial charge in [0.1, 0.15) is 5.58 Å².